The summed E-state index contributed by atoms with van der Waals surface area (Å²) in [5, 5.41) is 0. The fourth-order valence-corrected chi connectivity index (χ4v) is 2.61. The number of hydrogen-bond acceptors (Lipinski definition) is 6. The van der Waals surface area contributed by atoms with Crippen LogP contribution in [0.1, 0.15) is 24.0 Å². The summed E-state index contributed by atoms with van der Waals surface area (Å²) in [6.45, 7) is 0.0149. The van der Waals surface area contributed by atoms with Crippen LogP contribution in [0.15, 0.2) is 65.7 Å². The maximum absolute atomic E-state index is 12.6. The molecule has 2 rings (SSSR count). The van der Waals surface area contributed by atoms with Gasteiger partial charge in [-0.15, -0.1) is 4.99 Å². The zero-order valence-corrected chi connectivity index (χ0v) is 17.6. The normalized spacial score (nSPS) is 12.0. The number of nitrogens with two attached hydrogens (primary N) is 3. The molecule has 10 nitrogen and oxygen atoms in total. The van der Waals surface area contributed by atoms with Gasteiger partial charge in [-0.3, -0.25) is 4.79 Å². The zero-order chi connectivity index (χ0) is 23.3. The summed E-state index contributed by atoms with van der Waals surface area (Å²) in [5.74, 6) is -1.05. The summed E-state index contributed by atoms with van der Waals surface area (Å²) in [5.41, 5.74) is 18.2. The van der Waals surface area contributed by atoms with Crippen LogP contribution in [-0.2, 0) is 27.5 Å². The molecular formula is C22H27N5O5. The van der Waals surface area contributed by atoms with E-state index in [1.165, 1.54) is 0 Å². The van der Waals surface area contributed by atoms with E-state index in [0.717, 1.165) is 16.0 Å². The number of guanidine groups is 1. The molecule has 0 aromatic heterocycles. The van der Waals surface area contributed by atoms with E-state index in [-0.39, 0.29) is 32.6 Å². The van der Waals surface area contributed by atoms with Gasteiger partial charge in [-0.2, -0.15) is 0 Å². The number of aliphatic imine (C=N–C) groups is 1. The van der Waals surface area contributed by atoms with Gasteiger partial charge in [-0.1, -0.05) is 60.7 Å². The summed E-state index contributed by atoms with van der Waals surface area (Å²) >= 11 is 0. The summed E-state index contributed by atoms with van der Waals surface area (Å²) < 4.78 is 10.3. The van der Waals surface area contributed by atoms with Crippen LogP contribution >= 0.6 is 0 Å². The molecule has 0 heterocycles. The second-order valence-corrected chi connectivity index (χ2v) is 6.85. The number of benzene rings is 2. The largest absolute Gasteiger partial charge is 0.444 e. The monoisotopic (exact) mass is 441 g/mol. The number of ether oxygens (including phenoxy) is 2. The Bertz CT molecular complexity index is 921. The summed E-state index contributed by atoms with van der Waals surface area (Å²) in [6, 6.07) is 17.2. The Morgan fingerprint density at radius 2 is 1.41 bits per heavy atom. The Morgan fingerprint density at radius 3 is 1.94 bits per heavy atom. The molecule has 170 valence electrons. The highest BCUT2D eigenvalue weighted by Gasteiger charge is 2.21. The molecule has 0 saturated heterocycles. The first-order valence-electron chi connectivity index (χ1n) is 9.94. The number of amides is 3. The summed E-state index contributed by atoms with van der Waals surface area (Å²) in [4.78, 5) is 40.4. The molecule has 0 spiro atoms. The first kappa shape index (κ1) is 24.4. The van der Waals surface area contributed by atoms with Gasteiger partial charge in [0.15, 0.2) is 0 Å². The molecule has 0 aliphatic rings. The topological polar surface area (TPSA) is 163 Å². The van der Waals surface area contributed by atoms with Gasteiger partial charge in [0.25, 0.3) is 0 Å². The minimum absolute atomic E-state index is 0.00235. The zero-order valence-electron chi connectivity index (χ0n) is 17.6. The number of nitrogens with zero attached hydrogens (tertiary/aromatic N) is 2. The molecule has 6 N–H and O–H groups in total. The maximum Gasteiger partial charge on any atom is 0.437 e. The van der Waals surface area contributed by atoms with Crippen molar-refractivity contribution in [2.24, 2.45) is 22.2 Å². The van der Waals surface area contributed by atoms with Crippen LogP contribution in [0.2, 0.25) is 0 Å². The molecule has 0 aliphatic heterocycles. The molecule has 32 heavy (non-hydrogen) atoms. The maximum atomic E-state index is 12.6. The highest BCUT2D eigenvalue weighted by molar-refractivity contribution is 5.97. The van der Waals surface area contributed by atoms with Gasteiger partial charge in [0.1, 0.15) is 13.2 Å². The Kier molecular flexibility index (Phi) is 9.67. The predicted molar refractivity (Wildman–Crippen MR) is 118 cm³/mol. The predicted octanol–water partition coefficient (Wildman–Crippen LogP) is 1.87. The molecule has 0 bridgehead atoms. The molecule has 0 radical (unpaired) electrons. The lowest BCUT2D eigenvalue weighted by atomic mass is 10.1. The van der Waals surface area contributed by atoms with Crippen LogP contribution in [0.4, 0.5) is 9.59 Å². The second-order valence-electron chi connectivity index (χ2n) is 6.85. The lowest BCUT2D eigenvalue weighted by Crippen LogP contribution is -2.44. The SMILES string of the molecule is NC(=O)[C@@H](N)CCCN(C(=O)OCc1ccccc1)C(N)=NC(=O)OCc1ccccc1. The first-order valence-corrected chi connectivity index (χ1v) is 9.94. The Hall–Kier alpha value is -3.92. The van der Waals surface area contributed by atoms with Crippen molar-refractivity contribution in [3.05, 3.63) is 71.8 Å². The highest BCUT2D eigenvalue weighted by Crippen LogP contribution is 2.07. The van der Waals surface area contributed by atoms with E-state index in [4.69, 9.17) is 26.7 Å². The Labute approximate surface area is 186 Å². The van der Waals surface area contributed by atoms with Gasteiger partial charge in [0, 0.05) is 6.54 Å². The minimum Gasteiger partial charge on any atom is -0.444 e. The molecule has 0 fully saturated rings. The van der Waals surface area contributed by atoms with Crippen LogP contribution in [0, 0.1) is 0 Å². The lowest BCUT2D eigenvalue weighted by Gasteiger charge is -2.21. The van der Waals surface area contributed by atoms with Crippen molar-refractivity contribution >= 4 is 24.1 Å². The van der Waals surface area contributed by atoms with Crippen LogP contribution in [0.5, 0.6) is 0 Å². The van der Waals surface area contributed by atoms with Crippen LogP contribution in [-0.4, -0.2) is 41.5 Å². The molecule has 10 heteroatoms. The standard InChI is InChI=1S/C22H27N5O5/c23-18(19(24)28)12-7-13-27(22(30)32-15-17-10-5-2-6-11-17)20(25)26-21(29)31-14-16-8-3-1-4-9-16/h1-6,8-11,18H,7,12-15,23H2,(H2,24,28)(H2,25,26,29)/t18-/m0/s1. The minimum atomic E-state index is -0.957. The average molecular weight is 441 g/mol. The first-order chi connectivity index (χ1) is 15.4. The Balaban J connectivity index is 2.01. The van der Waals surface area contributed by atoms with Crippen molar-refractivity contribution in [3.63, 3.8) is 0 Å². The van der Waals surface area contributed by atoms with E-state index < -0.39 is 30.1 Å². The lowest BCUT2D eigenvalue weighted by molar-refractivity contribution is -0.119. The van der Waals surface area contributed by atoms with Crippen molar-refractivity contribution in [2.75, 3.05) is 6.54 Å². The molecule has 0 aliphatic carbocycles. The van der Waals surface area contributed by atoms with Gasteiger partial charge in [-0.05, 0) is 24.0 Å². The Morgan fingerprint density at radius 1 is 0.875 bits per heavy atom. The molecule has 0 unspecified atom stereocenters. The average Bonchev–Trinajstić information content (AvgIpc) is 2.80. The van der Waals surface area contributed by atoms with E-state index >= 15 is 0 Å². The number of carbonyl (C=O) groups is 3. The van der Waals surface area contributed by atoms with Crippen LogP contribution in [0.25, 0.3) is 0 Å². The van der Waals surface area contributed by atoms with Crippen LogP contribution < -0.4 is 17.2 Å². The van der Waals surface area contributed by atoms with Gasteiger partial charge in [-0.25, -0.2) is 14.5 Å². The van der Waals surface area contributed by atoms with Gasteiger partial charge >= 0.3 is 12.2 Å². The summed E-state index contributed by atoms with van der Waals surface area (Å²) in [7, 11) is 0. The number of carbonyl (C=O) groups excluding carboxylic acids is 3. The van der Waals surface area contributed by atoms with Gasteiger partial charge in [0.2, 0.25) is 11.9 Å². The quantitative estimate of drug-likeness (QED) is 0.395. The third-order valence-electron chi connectivity index (χ3n) is 4.38. The molecule has 2 aromatic rings. The third-order valence-corrected chi connectivity index (χ3v) is 4.38. The number of rotatable bonds is 9. The second kappa shape index (κ2) is 12.7. The van der Waals surface area contributed by atoms with E-state index in [1.807, 2.05) is 36.4 Å². The molecule has 3 amide bonds. The van der Waals surface area contributed by atoms with E-state index in [1.54, 1.807) is 24.3 Å². The molecular weight excluding hydrogens is 414 g/mol. The van der Waals surface area contributed by atoms with Crippen LogP contribution in [0.3, 0.4) is 0 Å². The van der Waals surface area contributed by atoms with Gasteiger partial charge < -0.3 is 26.7 Å². The molecule has 2 aromatic carbocycles. The van der Waals surface area contributed by atoms with Gasteiger partial charge in [0.05, 0.1) is 6.04 Å². The molecule has 1 atom stereocenters. The summed E-state index contributed by atoms with van der Waals surface area (Å²) in [6.07, 6.45) is -1.27. The van der Waals surface area contributed by atoms with E-state index in [2.05, 4.69) is 4.99 Å². The van der Waals surface area contributed by atoms with E-state index in [9.17, 15) is 14.4 Å². The fraction of sp³-hybridized carbons (Fsp3) is 0.273. The van der Waals surface area contributed by atoms with Crippen molar-refractivity contribution in [2.45, 2.75) is 32.1 Å². The molecule has 0 saturated carbocycles. The highest BCUT2D eigenvalue weighted by atomic mass is 16.6. The van der Waals surface area contributed by atoms with Crippen molar-refractivity contribution in [3.8, 4) is 0 Å². The smallest absolute Gasteiger partial charge is 0.437 e. The number of primary amides is 1. The van der Waals surface area contributed by atoms with Crippen molar-refractivity contribution < 1.29 is 23.9 Å². The van der Waals surface area contributed by atoms with Crippen molar-refractivity contribution in [1.82, 2.24) is 4.90 Å². The third kappa shape index (κ3) is 8.44. The number of hydrogen-bond donors (Lipinski definition) is 3. The van der Waals surface area contributed by atoms with Crippen molar-refractivity contribution in [1.29, 1.82) is 0 Å². The van der Waals surface area contributed by atoms with E-state index in [0.29, 0.717) is 0 Å². The fourth-order valence-electron chi connectivity index (χ4n) is 2.61.